The summed E-state index contributed by atoms with van der Waals surface area (Å²) in [5.74, 6) is -1.46. The lowest BCUT2D eigenvalue weighted by Crippen LogP contribution is -2.14. The molecule has 1 aromatic carbocycles. The number of Topliss-reactive ketones (excluding diaryl/α,β-unsaturated/α-hetero) is 1. The molecule has 3 aromatic rings. The summed E-state index contributed by atoms with van der Waals surface area (Å²) in [6.45, 7) is 4.89. The number of carbonyl (C=O) groups is 2. The second kappa shape index (κ2) is 6.95. The van der Waals surface area contributed by atoms with Gasteiger partial charge in [0.2, 0.25) is 11.5 Å². The first-order valence-corrected chi connectivity index (χ1v) is 7.95. The molecule has 134 valence electrons. The number of ether oxygens (including phenoxy) is 1. The van der Waals surface area contributed by atoms with Crippen molar-refractivity contribution in [3.05, 3.63) is 70.6 Å². The molecule has 0 N–H and O–H groups in total. The largest absolute Gasteiger partial charge is 0.451 e. The zero-order valence-corrected chi connectivity index (χ0v) is 14.6. The molecule has 0 saturated heterocycles. The molecule has 26 heavy (non-hydrogen) atoms. The molecule has 0 aliphatic carbocycles. The van der Waals surface area contributed by atoms with Crippen LogP contribution in [0.15, 0.2) is 40.9 Å². The number of rotatable bonds is 5. The first kappa shape index (κ1) is 17.6. The Morgan fingerprint density at radius 3 is 2.46 bits per heavy atom. The van der Waals surface area contributed by atoms with Crippen molar-refractivity contribution in [2.24, 2.45) is 0 Å². The fraction of sp³-hybridized carbons (Fsp3) is 0.211. The van der Waals surface area contributed by atoms with Gasteiger partial charge in [-0.2, -0.15) is 0 Å². The molecule has 3 rings (SSSR count). The summed E-state index contributed by atoms with van der Waals surface area (Å²) in [7, 11) is 0. The Labute approximate surface area is 149 Å². The van der Waals surface area contributed by atoms with E-state index < -0.39 is 12.6 Å². The van der Waals surface area contributed by atoms with Gasteiger partial charge >= 0.3 is 5.97 Å². The van der Waals surface area contributed by atoms with Crippen molar-refractivity contribution in [1.82, 2.24) is 9.72 Å². The zero-order chi connectivity index (χ0) is 18.8. The van der Waals surface area contributed by atoms with Crippen LogP contribution in [0.5, 0.6) is 0 Å². The zero-order valence-electron chi connectivity index (χ0n) is 14.6. The molecule has 7 heteroatoms. The standard InChI is InChI=1S/C19H17FN2O4/c1-11-8-18(26-21-11)19(24)25-10-17(23)16-9-12(2)22(13(16)3)15-6-4-14(20)5-7-15/h4-9H,10H2,1-3H3. The molecule has 0 spiro atoms. The van der Waals surface area contributed by atoms with E-state index in [4.69, 9.17) is 9.26 Å². The first-order chi connectivity index (χ1) is 12.4. The van der Waals surface area contributed by atoms with Crippen molar-refractivity contribution in [1.29, 1.82) is 0 Å². The number of carbonyl (C=O) groups excluding carboxylic acids is 2. The minimum atomic E-state index is -0.744. The van der Waals surface area contributed by atoms with Crippen LogP contribution in [0.1, 0.15) is 38.0 Å². The highest BCUT2D eigenvalue weighted by molar-refractivity contribution is 6.00. The lowest BCUT2D eigenvalue weighted by atomic mass is 10.1. The molecular weight excluding hydrogens is 339 g/mol. The Balaban J connectivity index is 1.77. The lowest BCUT2D eigenvalue weighted by molar-refractivity contribution is 0.0435. The third-order valence-corrected chi connectivity index (χ3v) is 3.98. The fourth-order valence-electron chi connectivity index (χ4n) is 2.77. The molecule has 0 radical (unpaired) electrons. The molecule has 0 amide bonds. The molecule has 0 atom stereocenters. The third-order valence-electron chi connectivity index (χ3n) is 3.98. The molecule has 2 aromatic heterocycles. The maximum Gasteiger partial charge on any atom is 0.377 e. The Kier molecular flexibility index (Phi) is 4.71. The van der Waals surface area contributed by atoms with E-state index in [-0.39, 0.29) is 17.4 Å². The normalized spacial score (nSPS) is 10.8. The maximum absolute atomic E-state index is 13.1. The van der Waals surface area contributed by atoms with Crippen LogP contribution >= 0.6 is 0 Å². The smallest absolute Gasteiger partial charge is 0.377 e. The number of aryl methyl sites for hydroxylation is 2. The minimum absolute atomic E-state index is 0.0490. The van der Waals surface area contributed by atoms with E-state index in [9.17, 15) is 14.0 Å². The van der Waals surface area contributed by atoms with Crippen LogP contribution in [0.3, 0.4) is 0 Å². The summed E-state index contributed by atoms with van der Waals surface area (Å²) in [5.41, 5.74) is 3.23. The third kappa shape index (κ3) is 3.42. The van der Waals surface area contributed by atoms with E-state index >= 15 is 0 Å². The summed E-state index contributed by atoms with van der Waals surface area (Å²) in [4.78, 5) is 24.3. The van der Waals surface area contributed by atoms with E-state index in [2.05, 4.69) is 5.16 Å². The van der Waals surface area contributed by atoms with Gasteiger partial charge in [0.1, 0.15) is 5.82 Å². The molecule has 0 bridgehead atoms. The van der Waals surface area contributed by atoms with Crippen molar-refractivity contribution >= 4 is 11.8 Å². The van der Waals surface area contributed by atoms with Crippen LogP contribution in [0.25, 0.3) is 5.69 Å². The molecule has 0 saturated carbocycles. The molecule has 2 heterocycles. The summed E-state index contributed by atoms with van der Waals surface area (Å²) >= 11 is 0. The van der Waals surface area contributed by atoms with Crippen molar-refractivity contribution in [3.63, 3.8) is 0 Å². The van der Waals surface area contributed by atoms with E-state index in [1.165, 1.54) is 18.2 Å². The first-order valence-electron chi connectivity index (χ1n) is 7.95. The molecular formula is C19H17FN2O4. The van der Waals surface area contributed by atoms with Crippen LogP contribution in [-0.2, 0) is 4.74 Å². The SMILES string of the molecule is Cc1cc(C(=O)OCC(=O)c2cc(C)n(-c3ccc(F)cc3)c2C)on1. The number of nitrogens with zero attached hydrogens (tertiary/aromatic N) is 2. The highest BCUT2D eigenvalue weighted by atomic mass is 19.1. The minimum Gasteiger partial charge on any atom is -0.451 e. The molecule has 0 fully saturated rings. The quantitative estimate of drug-likeness (QED) is 0.516. The topological polar surface area (TPSA) is 74.3 Å². The molecule has 6 nitrogen and oxygen atoms in total. The molecule has 0 aliphatic heterocycles. The number of ketones is 1. The highest BCUT2D eigenvalue weighted by Gasteiger charge is 2.20. The number of esters is 1. The van der Waals surface area contributed by atoms with E-state index in [1.54, 1.807) is 32.0 Å². The lowest BCUT2D eigenvalue weighted by Gasteiger charge is -2.09. The van der Waals surface area contributed by atoms with Gasteiger partial charge in [-0.25, -0.2) is 9.18 Å². The Hall–Kier alpha value is -3.22. The van der Waals surface area contributed by atoms with Crippen LogP contribution in [0, 0.1) is 26.6 Å². The van der Waals surface area contributed by atoms with Crippen LogP contribution < -0.4 is 0 Å². The van der Waals surface area contributed by atoms with Gasteiger partial charge in [-0.05, 0) is 51.1 Å². The maximum atomic E-state index is 13.1. The van der Waals surface area contributed by atoms with Gasteiger partial charge in [-0.15, -0.1) is 0 Å². The average molecular weight is 356 g/mol. The van der Waals surface area contributed by atoms with Gasteiger partial charge < -0.3 is 13.8 Å². The van der Waals surface area contributed by atoms with Gasteiger partial charge in [0.25, 0.3) is 0 Å². The highest BCUT2D eigenvalue weighted by Crippen LogP contribution is 2.21. The molecule has 0 aliphatic rings. The second-order valence-electron chi connectivity index (χ2n) is 5.93. The van der Waals surface area contributed by atoms with Crippen LogP contribution in [0.2, 0.25) is 0 Å². The Morgan fingerprint density at radius 1 is 1.15 bits per heavy atom. The summed E-state index contributed by atoms with van der Waals surface area (Å²) in [5, 5.41) is 3.60. The number of aromatic nitrogens is 2. The van der Waals surface area contributed by atoms with Crippen LogP contribution in [0.4, 0.5) is 4.39 Å². The van der Waals surface area contributed by atoms with Gasteiger partial charge in [0, 0.05) is 28.7 Å². The van der Waals surface area contributed by atoms with Gasteiger partial charge in [-0.1, -0.05) is 5.16 Å². The summed E-state index contributed by atoms with van der Waals surface area (Å²) < 4.78 is 24.8. The fourth-order valence-corrected chi connectivity index (χ4v) is 2.77. The predicted octanol–water partition coefficient (Wildman–Crippen LogP) is 3.57. The summed E-state index contributed by atoms with van der Waals surface area (Å²) in [6.07, 6.45) is 0. The van der Waals surface area contributed by atoms with Gasteiger partial charge in [-0.3, -0.25) is 4.79 Å². The van der Waals surface area contributed by atoms with Crippen molar-refractivity contribution < 1.29 is 23.2 Å². The Bertz CT molecular complexity index is 970. The predicted molar refractivity (Wildman–Crippen MR) is 91.1 cm³/mol. The second-order valence-corrected chi connectivity index (χ2v) is 5.93. The average Bonchev–Trinajstić information content (AvgIpc) is 3.17. The Morgan fingerprint density at radius 2 is 1.85 bits per heavy atom. The number of hydrogen-bond acceptors (Lipinski definition) is 5. The van der Waals surface area contributed by atoms with E-state index in [1.807, 2.05) is 11.5 Å². The monoisotopic (exact) mass is 356 g/mol. The summed E-state index contributed by atoms with van der Waals surface area (Å²) in [6, 6.07) is 9.14. The van der Waals surface area contributed by atoms with Crippen molar-refractivity contribution in [3.8, 4) is 5.69 Å². The number of halogens is 1. The number of hydrogen-bond donors (Lipinski definition) is 0. The van der Waals surface area contributed by atoms with E-state index in [0.29, 0.717) is 17.0 Å². The van der Waals surface area contributed by atoms with Gasteiger partial charge in [0.15, 0.2) is 6.61 Å². The van der Waals surface area contributed by atoms with E-state index in [0.717, 1.165) is 11.4 Å². The van der Waals surface area contributed by atoms with Crippen LogP contribution in [-0.4, -0.2) is 28.1 Å². The van der Waals surface area contributed by atoms with Crippen molar-refractivity contribution in [2.75, 3.05) is 6.61 Å². The van der Waals surface area contributed by atoms with Crippen molar-refractivity contribution in [2.45, 2.75) is 20.8 Å². The number of benzene rings is 1. The molecule has 0 unspecified atom stereocenters. The van der Waals surface area contributed by atoms with Gasteiger partial charge in [0.05, 0.1) is 5.69 Å².